The zero-order valence-electron chi connectivity index (χ0n) is 20.8. The second kappa shape index (κ2) is 10.6. The van der Waals surface area contributed by atoms with Crippen LogP contribution in [0.25, 0.3) is 0 Å². The smallest absolute Gasteiger partial charge is 0.267 e. The summed E-state index contributed by atoms with van der Waals surface area (Å²) in [6.45, 7) is 3.57. The van der Waals surface area contributed by atoms with Gasteiger partial charge in [0.2, 0.25) is 10.0 Å². The van der Waals surface area contributed by atoms with Crippen LogP contribution in [-0.4, -0.2) is 44.7 Å². The van der Waals surface area contributed by atoms with E-state index < -0.39 is 21.7 Å². The predicted molar refractivity (Wildman–Crippen MR) is 143 cm³/mol. The first-order valence-corrected chi connectivity index (χ1v) is 14.3. The van der Waals surface area contributed by atoms with E-state index in [4.69, 9.17) is 4.74 Å². The van der Waals surface area contributed by atoms with Crippen molar-refractivity contribution in [1.29, 1.82) is 0 Å². The van der Waals surface area contributed by atoms with Gasteiger partial charge in [0, 0.05) is 26.5 Å². The molecule has 0 atom stereocenters. The lowest BCUT2D eigenvalue weighted by Crippen LogP contribution is -2.51. The topological polar surface area (TPSA) is 75.7 Å². The first-order valence-electron chi connectivity index (χ1n) is 12.7. The number of benzene rings is 3. The number of halogens is 1. The summed E-state index contributed by atoms with van der Waals surface area (Å²) < 4.78 is 46.5. The van der Waals surface area contributed by atoms with Gasteiger partial charge in [0.1, 0.15) is 11.6 Å². The maximum atomic E-state index is 14.9. The van der Waals surface area contributed by atoms with Crippen LogP contribution in [0.5, 0.6) is 5.75 Å². The van der Waals surface area contributed by atoms with Gasteiger partial charge >= 0.3 is 0 Å². The minimum Gasteiger partial charge on any atom is -0.493 e. The minimum atomic E-state index is -3.78. The molecule has 8 heteroatoms. The molecule has 1 heterocycles. The molecule has 1 aliphatic carbocycles. The number of ether oxygens (including phenoxy) is 1. The van der Waals surface area contributed by atoms with E-state index in [1.165, 1.54) is 30.2 Å². The Balaban J connectivity index is 0.00000336. The summed E-state index contributed by atoms with van der Waals surface area (Å²) in [5, 5.41) is 0. The van der Waals surface area contributed by atoms with Gasteiger partial charge in [0.15, 0.2) is 0 Å². The van der Waals surface area contributed by atoms with E-state index in [1.807, 2.05) is 16.9 Å². The van der Waals surface area contributed by atoms with Crippen molar-refractivity contribution in [3.63, 3.8) is 0 Å². The quantitative estimate of drug-likeness (QED) is 0.398. The molecule has 196 valence electrons. The number of hydrogen-bond acceptors (Lipinski definition) is 5. The average molecular weight is 525 g/mol. The normalized spacial score (nSPS) is 16.4. The monoisotopic (exact) mass is 524 g/mol. The van der Waals surface area contributed by atoms with Crippen LogP contribution in [0.15, 0.2) is 72.8 Å². The molecule has 1 saturated carbocycles. The molecule has 0 spiro atoms. The molecule has 1 aliphatic heterocycles. The number of carbonyl (C=O) groups is 1. The number of nitrogens with zero attached hydrogens (tertiary/aromatic N) is 1. The van der Waals surface area contributed by atoms with Gasteiger partial charge in [-0.15, -0.1) is 0 Å². The summed E-state index contributed by atoms with van der Waals surface area (Å²) in [6.07, 6.45) is 1.87. The number of rotatable bonds is 10. The molecule has 3 aromatic rings. The fourth-order valence-electron chi connectivity index (χ4n) is 4.87. The zero-order valence-corrected chi connectivity index (χ0v) is 21.6. The summed E-state index contributed by atoms with van der Waals surface area (Å²) in [7, 11) is -3.78. The van der Waals surface area contributed by atoms with Crippen molar-refractivity contribution in [2.75, 3.05) is 25.4 Å². The van der Waals surface area contributed by atoms with Crippen LogP contribution < -0.4 is 9.46 Å². The number of hydrogen-bond donors (Lipinski definition) is 1. The van der Waals surface area contributed by atoms with Crippen LogP contribution in [0.3, 0.4) is 0 Å². The highest BCUT2D eigenvalue weighted by molar-refractivity contribution is 7.90. The molecule has 1 saturated heterocycles. The Morgan fingerprint density at radius 2 is 1.65 bits per heavy atom. The molecule has 6 nitrogen and oxygen atoms in total. The Kier molecular flexibility index (Phi) is 7.31. The molecule has 3 aromatic carbocycles. The van der Waals surface area contributed by atoms with E-state index in [0.717, 1.165) is 31.5 Å². The lowest BCUT2D eigenvalue weighted by Gasteiger charge is -2.44. The number of nitrogens with one attached hydrogen (secondary N) is 1. The standard InChI is InChI=1S/C29H31FN2O4S.H2/c1-2-37(34,35)31-29(33)25-15-24(21-13-14-21)27(16-26(25)30)36-19-20-17-32(18-20)28(22-9-5-3-6-10-22)23-11-7-4-8-12-23;/h3-12,15-16,20-21,28H,2,13-14,17-19H2,1H3,(H,31,33);1H. The Hall–Kier alpha value is -3.23. The summed E-state index contributed by atoms with van der Waals surface area (Å²) in [5.41, 5.74) is 2.98. The molecular formula is C29H33FN2O4S. The highest BCUT2D eigenvalue weighted by atomic mass is 32.2. The van der Waals surface area contributed by atoms with Crippen LogP contribution in [0.1, 0.15) is 60.2 Å². The fraction of sp³-hybridized carbons (Fsp3) is 0.345. The maximum absolute atomic E-state index is 14.9. The zero-order chi connectivity index (χ0) is 26.0. The Bertz CT molecular complexity index is 1320. The molecule has 1 N–H and O–H groups in total. The fourth-order valence-corrected chi connectivity index (χ4v) is 5.41. The molecule has 0 aromatic heterocycles. The maximum Gasteiger partial charge on any atom is 0.267 e. The summed E-state index contributed by atoms with van der Waals surface area (Å²) in [4.78, 5) is 14.8. The highest BCUT2D eigenvalue weighted by Gasteiger charge is 2.35. The van der Waals surface area contributed by atoms with Gasteiger partial charge in [-0.3, -0.25) is 9.69 Å². The molecule has 1 amide bonds. The van der Waals surface area contributed by atoms with Crippen LogP contribution in [0.2, 0.25) is 0 Å². The van der Waals surface area contributed by atoms with Crippen molar-refractivity contribution < 1.29 is 23.8 Å². The Morgan fingerprint density at radius 1 is 1.05 bits per heavy atom. The van der Waals surface area contributed by atoms with E-state index in [9.17, 15) is 17.6 Å². The number of amides is 1. The number of likely N-dealkylation sites (tertiary alicyclic amines) is 1. The van der Waals surface area contributed by atoms with Crippen molar-refractivity contribution >= 4 is 15.9 Å². The van der Waals surface area contributed by atoms with E-state index >= 15 is 0 Å². The third-order valence-electron chi connectivity index (χ3n) is 7.05. The first-order chi connectivity index (χ1) is 17.8. The SMILES string of the molecule is CCS(=O)(=O)NC(=O)c1cc(C2CC2)c(OCC2CN(C(c3ccccc3)c3ccccc3)C2)cc1F.[HH]. The van der Waals surface area contributed by atoms with E-state index in [2.05, 4.69) is 53.4 Å². The molecule has 0 bridgehead atoms. The van der Waals surface area contributed by atoms with E-state index in [0.29, 0.717) is 18.3 Å². The van der Waals surface area contributed by atoms with Gasteiger partial charge < -0.3 is 4.74 Å². The van der Waals surface area contributed by atoms with Gasteiger partial charge in [-0.1, -0.05) is 60.7 Å². The van der Waals surface area contributed by atoms with Crippen LogP contribution in [-0.2, 0) is 10.0 Å². The van der Waals surface area contributed by atoms with Gasteiger partial charge in [0.05, 0.1) is 24.0 Å². The van der Waals surface area contributed by atoms with E-state index in [1.54, 1.807) is 0 Å². The minimum absolute atomic E-state index is 0. The third kappa shape index (κ3) is 5.86. The van der Waals surface area contributed by atoms with Crippen molar-refractivity contribution in [2.24, 2.45) is 5.92 Å². The summed E-state index contributed by atoms with van der Waals surface area (Å²) in [6, 6.07) is 23.7. The van der Waals surface area contributed by atoms with Crippen LogP contribution in [0.4, 0.5) is 4.39 Å². The molecule has 5 rings (SSSR count). The van der Waals surface area contributed by atoms with Gasteiger partial charge in [0.25, 0.3) is 5.91 Å². The molecular weight excluding hydrogens is 491 g/mol. The van der Waals surface area contributed by atoms with Gasteiger partial charge in [-0.2, -0.15) is 0 Å². The molecule has 0 unspecified atom stereocenters. The number of carbonyl (C=O) groups excluding carboxylic acids is 1. The second-order valence-electron chi connectivity index (χ2n) is 9.83. The lowest BCUT2D eigenvalue weighted by molar-refractivity contribution is 0.0375. The predicted octanol–water partition coefficient (Wildman–Crippen LogP) is 5.13. The third-order valence-corrected chi connectivity index (χ3v) is 8.30. The summed E-state index contributed by atoms with van der Waals surface area (Å²) >= 11 is 0. The van der Waals surface area contributed by atoms with Crippen molar-refractivity contribution in [1.82, 2.24) is 9.62 Å². The van der Waals surface area contributed by atoms with Gasteiger partial charge in [-0.05, 0) is 48.4 Å². The Morgan fingerprint density at radius 3 is 2.19 bits per heavy atom. The molecule has 2 aliphatic rings. The first kappa shape index (κ1) is 25.4. The second-order valence-corrected chi connectivity index (χ2v) is 11.8. The average Bonchev–Trinajstić information content (AvgIpc) is 3.71. The largest absolute Gasteiger partial charge is 0.493 e. The Labute approximate surface area is 219 Å². The van der Waals surface area contributed by atoms with Crippen molar-refractivity contribution in [2.45, 2.75) is 31.7 Å². The van der Waals surface area contributed by atoms with Gasteiger partial charge in [-0.25, -0.2) is 17.5 Å². The highest BCUT2D eigenvalue weighted by Crippen LogP contribution is 2.45. The summed E-state index contributed by atoms with van der Waals surface area (Å²) in [5.74, 6) is -1.06. The molecule has 0 radical (unpaired) electrons. The van der Waals surface area contributed by atoms with Crippen LogP contribution >= 0.6 is 0 Å². The molecule has 37 heavy (non-hydrogen) atoms. The van der Waals surface area contributed by atoms with Crippen molar-refractivity contribution in [3.8, 4) is 5.75 Å². The van der Waals surface area contributed by atoms with Crippen molar-refractivity contribution in [3.05, 3.63) is 101 Å². The number of sulfonamides is 1. The van der Waals surface area contributed by atoms with Crippen LogP contribution in [0, 0.1) is 11.7 Å². The lowest BCUT2D eigenvalue weighted by atomic mass is 9.90. The molecule has 2 fully saturated rings. The van der Waals surface area contributed by atoms with E-state index in [-0.39, 0.29) is 24.7 Å².